The van der Waals surface area contributed by atoms with E-state index in [2.05, 4.69) is 0 Å². The summed E-state index contributed by atoms with van der Waals surface area (Å²) >= 11 is 0. The summed E-state index contributed by atoms with van der Waals surface area (Å²) in [5, 5.41) is 12.0. The van der Waals surface area contributed by atoms with Gasteiger partial charge in [0.1, 0.15) is 0 Å². The van der Waals surface area contributed by atoms with Crippen LogP contribution < -0.4 is 39.7 Å². The molecule has 0 bridgehead atoms. The van der Waals surface area contributed by atoms with Crippen LogP contribution in [0, 0.1) is 5.21 Å². The van der Waals surface area contributed by atoms with E-state index < -0.39 is 0 Å². The number of nitrogens with zero attached hydrogens (tertiary/aromatic N) is 1. The fourth-order valence-electron chi connectivity index (χ4n) is 1.70. The van der Waals surface area contributed by atoms with Gasteiger partial charge in [-0.15, -0.1) is 0 Å². The predicted molar refractivity (Wildman–Crippen MR) is 59.2 cm³/mol. The van der Waals surface area contributed by atoms with Crippen LogP contribution in [0.4, 0.5) is 0 Å². The second kappa shape index (κ2) is 4.49. The minimum absolute atomic E-state index is 0. The third-order valence-corrected chi connectivity index (χ3v) is 2.45. The van der Waals surface area contributed by atoms with E-state index in [1.165, 1.54) is 18.2 Å². The Balaban J connectivity index is 0.000000810. The zero-order valence-electron chi connectivity index (χ0n) is 10.2. The maximum Gasteiger partial charge on any atom is 1.00 e. The van der Waals surface area contributed by atoms with E-state index in [1.54, 1.807) is 24.3 Å². The molecule has 1 aromatic rings. The number of hydrogen-bond donors (Lipinski definition) is 0. The maximum absolute atomic E-state index is 12.0. The summed E-state index contributed by atoms with van der Waals surface area (Å²) in [6, 6.07) is 11.0. The van der Waals surface area contributed by atoms with Gasteiger partial charge in [0, 0.05) is 18.2 Å². The quantitative estimate of drug-likeness (QED) is 0.210. The Morgan fingerprint density at radius 1 is 1.18 bits per heavy atom. The number of rotatable bonds is 0. The molecule has 0 saturated carbocycles. The zero-order valence-corrected chi connectivity index (χ0v) is 11.2. The first-order valence-corrected chi connectivity index (χ1v) is 4.81. The van der Waals surface area contributed by atoms with Crippen LogP contribution in [0.3, 0.4) is 0 Å². The molecule has 1 heterocycles. The molecule has 2 aliphatic rings. The molecule has 1 aliphatic heterocycles. The van der Waals surface area contributed by atoms with E-state index in [4.69, 9.17) is 4.42 Å². The van der Waals surface area contributed by atoms with Crippen molar-refractivity contribution >= 4 is 11.1 Å². The number of benzene rings is 2. The van der Waals surface area contributed by atoms with Gasteiger partial charge in [0.25, 0.3) is 11.2 Å². The maximum atomic E-state index is 12.0. The molecule has 17 heavy (non-hydrogen) atoms. The predicted octanol–water partition coefficient (Wildman–Crippen LogP) is -1.35. The minimum atomic E-state index is -0.175. The van der Waals surface area contributed by atoms with E-state index in [1.807, 2.05) is 0 Å². The Morgan fingerprint density at radius 3 is 2.76 bits per heavy atom. The Labute approximate surface area is 120 Å². The van der Waals surface area contributed by atoms with Crippen LogP contribution >= 0.6 is 0 Å². The van der Waals surface area contributed by atoms with Gasteiger partial charge >= 0.3 is 29.6 Å². The van der Waals surface area contributed by atoms with Crippen molar-refractivity contribution in [3.8, 4) is 11.5 Å². The van der Waals surface area contributed by atoms with E-state index in [9.17, 15) is 10.0 Å². The molecule has 0 atom stereocenters. The van der Waals surface area contributed by atoms with E-state index in [-0.39, 0.29) is 36.4 Å². The van der Waals surface area contributed by atoms with Gasteiger partial charge in [-0.3, -0.25) is 4.79 Å². The number of hydrogen-bond acceptors (Lipinski definition) is 3. The normalized spacial score (nSPS) is 10.4. The zero-order chi connectivity index (χ0) is 11.1. The largest absolute Gasteiger partial charge is 1.00 e. The van der Waals surface area contributed by atoms with Gasteiger partial charge in [0.2, 0.25) is 5.76 Å². The van der Waals surface area contributed by atoms with Crippen LogP contribution in [0.2, 0.25) is 0 Å². The first-order valence-electron chi connectivity index (χ1n) is 4.81. The summed E-state index contributed by atoms with van der Waals surface area (Å²) in [6.07, 6.45) is 0. The summed E-state index contributed by atoms with van der Waals surface area (Å²) in [5.74, 6) is 0.307. The summed E-state index contributed by atoms with van der Waals surface area (Å²) in [6.45, 7) is 0. The topological polar surface area (TPSA) is 57.1 Å². The summed E-state index contributed by atoms with van der Waals surface area (Å²) in [7, 11) is 0. The Bertz CT molecular complexity index is 713. The SMILES string of the molecule is O=c1ccc2[n+]([O-])c3ccccc3oc-2c1.[H-].[Na+]. The molecule has 0 unspecified atom stereocenters. The van der Waals surface area contributed by atoms with Crippen molar-refractivity contribution < 1.29 is 40.1 Å². The van der Waals surface area contributed by atoms with Crippen LogP contribution in [0.15, 0.2) is 51.7 Å². The van der Waals surface area contributed by atoms with Gasteiger partial charge in [0.15, 0.2) is 11.0 Å². The summed E-state index contributed by atoms with van der Waals surface area (Å²) < 4.78 is 6.26. The first kappa shape index (κ1) is 12.1. The van der Waals surface area contributed by atoms with Crippen molar-refractivity contribution in [2.45, 2.75) is 0 Å². The van der Waals surface area contributed by atoms with Crippen LogP contribution in [-0.2, 0) is 0 Å². The Kier molecular flexibility index (Phi) is 3.19. The second-order valence-corrected chi connectivity index (χ2v) is 3.49. The molecule has 1 aromatic carbocycles. The number of fused-ring (bicyclic) bond motifs is 2. The third kappa shape index (κ3) is 1.95. The van der Waals surface area contributed by atoms with E-state index >= 15 is 0 Å². The van der Waals surface area contributed by atoms with Crippen LogP contribution in [0.1, 0.15) is 1.43 Å². The molecule has 80 valence electrons. The summed E-state index contributed by atoms with van der Waals surface area (Å²) in [5.41, 5.74) is 1.11. The van der Waals surface area contributed by atoms with Crippen molar-refractivity contribution in [3.63, 3.8) is 0 Å². The molecule has 0 N–H and O–H groups in total. The van der Waals surface area contributed by atoms with Gasteiger partial charge < -0.3 is 11.1 Å². The molecule has 4 nitrogen and oxygen atoms in total. The number of aromatic nitrogens is 1. The van der Waals surface area contributed by atoms with Crippen molar-refractivity contribution in [2.24, 2.45) is 0 Å². The first-order chi connectivity index (χ1) is 7.75. The van der Waals surface area contributed by atoms with Gasteiger partial charge in [-0.25, -0.2) is 0 Å². The fraction of sp³-hybridized carbons (Fsp3) is 0. The monoisotopic (exact) mass is 237 g/mol. The van der Waals surface area contributed by atoms with E-state index in [0.717, 1.165) is 4.73 Å². The molecule has 0 amide bonds. The van der Waals surface area contributed by atoms with Crippen molar-refractivity contribution in [2.75, 3.05) is 0 Å². The average Bonchev–Trinajstić information content (AvgIpc) is 2.29. The standard InChI is InChI=1S/C12H7NO3.Na.H/c14-8-5-6-10-12(7-8)16-11-4-2-1-3-9(11)13(10)15;;/h1-7H;;/q;+1;-1. The number of para-hydroxylation sites is 2. The Hall–Kier alpha value is -1.36. The molecule has 5 heteroatoms. The molecule has 3 rings (SSSR count). The third-order valence-electron chi connectivity index (χ3n) is 2.45. The van der Waals surface area contributed by atoms with E-state index in [0.29, 0.717) is 22.6 Å². The van der Waals surface area contributed by atoms with Crippen molar-refractivity contribution in [3.05, 3.63) is 57.9 Å². The van der Waals surface area contributed by atoms with Crippen molar-refractivity contribution in [1.82, 2.24) is 0 Å². The average molecular weight is 237 g/mol. The smallest absolute Gasteiger partial charge is 1.00 e. The minimum Gasteiger partial charge on any atom is -1.00 e. The van der Waals surface area contributed by atoms with Crippen LogP contribution in [-0.4, -0.2) is 0 Å². The van der Waals surface area contributed by atoms with Gasteiger partial charge in [-0.1, -0.05) is 12.1 Å². The Morgan fingerprint density at radius 2 is 1.94 bits per heavy atom. The molecule has 0 fully saturated rings. The molecule has 0 saturated heterocycles. The van der Waals surface area contributed by atoms with Gasteiger partial charge in [0.05, 0.1) is 0 Å². The molecule has 0 radical (unpaired) electrons. The summed E-state index contributed by atoms with van der Waals surface area (Å²) in [4.78, 5) is 11.2. The van der Waals surface area contributed by atoms with Gasteiger partial charge in [-0.05, 0) is 12.1 Å². The van der Waals surface area contributed by atoms with Crippen LogP contribution in [0.25, 0.3) is 22.6 Å². The molecule has 1 aliphatic carbocycles. The molecular formula is C12H8NNaO3. The molecular weight excluding hydrogens is 229 g/mol. The fourth-order valence-corrected chi connectivity index (χ4v) is 1.70. The van der Waals surface area contributed by atoms with Crippen LogP contribution in [0.5, 0.6) is 0 Å². The second-order valence-electron chi connectivity index (χ2n) is 3.49. The molecule has 0 aromatic heterocycles. The molecule has 0 spiro atoms. The van der Waals surface area contributed by atoms with Crippen molar-refractivity contribution in [1.29, 1.82) is 0 Å². The van der Waals surface area contributed by atoms with Gasteiger partial charge in [-0.2, -0.15) is 4.73 Å².